The van der Waals surface area contributed by atoms with Gasteiger partial charge in [-0.3, -0.25) is 4.98 Å². The number of amides is 2. The minimum Gasteiger partial charge on any atom is -0.381 e. The summed E-state index contributed by atoms with van der Waals surface area (Å²) >= 11 is 0. The van der Waals surface area contributed by atoms with Crippen LogP contribution < -0.4 is 5.32 Å². The number of aromatic nitrogens is 1. The predicted molar refractivity (Wildman–Crippen MR) is 92.6 cm³/mol. The van der Waals surface area contributed by atoms with Crippen molar-refractivity contribution in [2.24, 2.45) is 5.92 Å². The maximum Gasteiger partial charge on any atom is 0.317 e. The normalized spacial score (nSPS) is 17.9. The van der Waals surface area contributed by atoms with Gasteiger partial charge < -0.3 is 15.0 Å². The molecule has 0 aliphatic carbocycles. The molecule has 2 amide bonds. The van der Waals surface area contributed by atoms with Crippen molar-refractivity contribution >= 4 is 6.03 Å². The quantitative estimate of drug-likeness (QED) is 0.908. The lowest BCUT2D eigenvalue weighted by atomic mass is 10.0. The van der Waals surface area contributed by atoms with Crippen molar-refractivity contribution in [2.45, 2.75) is 12.5 Å². The molecule has 0 radical (unpaired) electrons. The molecule has 1 aromatic heterocycles. The third-order valence-electron chi connectivity index (χ3n) is 4.39. The van der Waals surface area contributed by atoms with Gasteiger partial charge in [-0.05, 0) is 35.7 Å². The summed E-state index contributed by atoms with van der Waals surface area (Å²) in [4.78, 5) is 18.4. The van der Waals surface area contributed by atoms with E-state index in [9.17, 15) is 9.18 Å². The van der Waals surface area contributed by atoms with Crippen LogP contribution in [0.15, 0.2) is 48.8 Å². The monoisotopic (exact) mass is 343 g/mol. The number of halogens is 1. The van der Waals surface area contributed by atoms with Gasteiger partial charge in [0.05, 0.1) is 12.6 Å². The lowest BCUT2D eigenvalue weighted by molar-refractivity contribution is 0.171. The Morgan fingerprint density at radius 2 is 2.16 bits per heavy atom. The summed E-state index contributed by atoms with van der Waals surface area (Å²) in [7, 11) is 1.78. The molecule has 1 saturated heterocycles. The molecule has 1 aromatic carbocycles. The summed E-state index contributed by atoms with van der Waals surface area (Å²) < 4.78 is 18.6. The third-order valence-corrected chi connectivity index (χ3v) is 4.39. The Kier molecular flexibility index (Phi) is 5.60. The molecule has 2 atom stereocenters. The van der Waals surface area contributed by atoms with E-state index in [-0.39, 0.29) is 17.9 Å². The van der Waals surface area contributed by atoms with Gasteiger partial charge in [0.25, 0.3) is 0 Å². The molecule has 6 heteroatoms. The van der Waals surface area contributed by atoms with E-state index in [1.807, 2.05) is 12.1 Å². The SMILES string of the molecule is CN(CC1CCOC1)C(=O)NC(c1ccc(F)cc1)c1cccnc1. The number of carbonyl (C=O) groups is 1. The van der Waals surface area contributed by atoms with Gasteiger partial charge in [-0.25, -0.2) is 9.18 Å². The van der Waals surface area contributed by atoms with Crippen LogP contribution in [0.3, 0.4) is 0 Å². The number of nitrogens with one attached hydrogen (secondary N) is 1. The summed E-state index contributed by atoms with van der Waals surface area (Å²) in [5, 5.41) is 3.03. The lowest BCUT2D eigenvalue weighted by Crippen LogP contribution is -2.42. The zero-order chi connectivity index (χ0) is 17.6. The van der Waals surface area contributed by atoms with Gasteiger partial charge in [0.15, 0.2) is 0 Å². The molecule has 1 fully saturated rings. The molecule has 1 aliphatic heterocycles. The number of hydrogen-bond acceptors (Lipinski definition) is 3. The molecule has 3 rings (SSSR count). The summed E-state index contributed by atoms with van der Waals surface area (Å²) in [6, 6.07) is 9.29. The van der Waals surface area contributed by atoms with Crippen molar-refractivity contribution in [1.82, 2.24) is 15.2 Å². The smallest absolute Gasteiger partial charge is 0.317 e. The highest BCUT2D eigenvalue weighted by Gasteiger charge is 2.23. The summed E-state index contributed by atoms with van der Waals surface area (Å²) in [6.45, 7) is 2.10. The molecule has 1 N–H and O–H groups in total. The van der Waals surface area contributed by atoms with Crippen LogP contribution >= 0.6 is 0 Å². The van der Waals surface area contributed by atoms with Gasteiger partial charge in [-0.15, -0.1) is 0 Å². The maximum atomic E-state index is 13.3. The van der Waals surface area contributed by atoms with Crippen LogP contribution in [0.2, 0.25) is 0 Å². The average molecular weight is 343 g/mol. The van der Waals surface area contributed by atoms with Gasteiger partial charge in [-0.1, -0.05) is 18.2 Å². The number of nitrogens with zero attached hydrogens (tertiary/aromatic N) is 2. The molecule has 25 heavy (non-hydrogen) atoms. The van der Waals surface area contributed by atoms with Crippen LogP contribution in [0.1, 0.15) is 23.6 Å². The van der Waals surface area contributed by atoms with Crippen molar-refractivity contribution in [1.29, 1.82) is 0 Å². The second-order valence-corrected chi connectivity index (χ2v) is 6.33. The second-order valence-electron chi connectivity index (χ2n) is 6.33. The molecule has 132 valence electrons. The number of rotatable bonds is 5. The minimum atomic E-state index is -0.385. The number of hydrogen-bond donors (Lipinski definition) is 1. The third kappa shape index (κ3) is 4.54. The Bertz CT molecular complexity index is 688. The highest BCUT2D eigenvalue weighted by molar-refractivity contribution is 5.75. The van der Waals surface area contributed by atoms with Gasteiger partial charge in [0, 0.05) is 38.5 Å². The van der Waals surface area contributed by atoms with Crippen molar-refractivity contribution in [3.8, 4) is 0 Å². The van der Waals surface area contributed by atoms with Gasteiger partial charge >= 0.3 is 6.03 Å². The molecule has 0 saturated carbocycles. The summed E-state index contributed by atoms with van der Waals surface area (Å²) in [6.07, 6.45) is 4.36. The highest BCUT2D eigenvalue weighted by Crippen LogP contribution is 2.22. The molecule has 2 aromatic rings. The van der Waals surface area contributed by atoms with Crippen LogP contribution in [0.4, 0.5) is 9.18 Å². The number of carbonyl (C=O) groups excluding carboxylic acids is 1. The van der Waals surface area contributed by atoms with E-state index in [4.69, 9.17) is 4.74 Å². The molecule has 2 heterocycles. The van der Waals surface area contributed by atoms with E-state index >= 15 is 0 Å². The number of benzene rings is 1. The summed E-state index contributed by atoms with van der Waals surface area (Å²) in [5.41, 5.74) is 1.65. The Morgan fingerprint density at radius 3 is 2.80 bits per heavy atom. The Hall–Kier alpha value is -2.47. The number of urea groups is 1. The fourth-order valence-electron chi connectivity index (χ4n) is 2.99. The van der Waals surface area contributed by atoms with E-state index in [1.165, 1.54) is 12.1 Å². The van der Waals surface area contributed by atoms with Crippen LogP contribution in [0, 0.1) is 11.7 Å². The van der Waals surface area contributed by atoms with Gasteiger partial charge in [0.2, 0.25) is 0 Å². The average Bonchev–Trinajstić information content (AvgIpc) is 3.14. The van der Waals surface area contributed by atoms with Crippen molar-refractivity contribution in [3.63, 3.8) is 0 Å². The Morgan fingerprint density at radius 1 is 1.36 bits per heavy atom. The van der Waals surface area contributed by atoms with Gasteiger partial charge in [-0.2, -0.15) is 0 Å². The molecule has 2 unspecified atom stereocenters. The van der Waals surface area contributed by atoms with E-state index in [2.05, 4.69) is 10.3 Å². The second kappa shape index (κ2) is 8.07. The Balaban J connectivity index is 1.75. The van der Waals surface area contributed by atoms with Gasteiger partial charge in [0.1, 0.15) is 5.82 Å². The zero-order valence-electron chi connectivity index (χ0n) is 14.2. The van der Waals surface area contributed by atoms with Crippen molar-refractivity contribution < 1.29 is 13.9 Å². The Labute approximate surface area is 146 Å². The van der Waals surface area contributed by atoms with E-state index < -0.39 is 0 Å². The maximum absolute atomic E-state index is 13.3. The van der Waals surface area contributed by atoms with E-state index in [1.54, 1.807) is 36.5 Å². The molecule has 0 spiro atoms. The molecular weight excluding hydrogens is 321 g/mol. The van der Waals surface area contributed by atoms with E-state index in [0.717, 1.165) is 24.2 Å². The molecular formula is C19H22FN3O2. The number of ether oxygens (including phenoxy) is 1. The van der Waals surface area contributed by atoms with E-state index in [0.29, 0.717) is 19.1 Å². The summed E-state index contributed by atoms with van der Waals surface area (Å²) in [5.74, 6) is 0.0665. The highest BCUT2D eigenvalue weighted by atomic mass is 19.1. The first-order valence-corrected chi connectivity index (χ1v) is 8.38. The molecule has 0 bridgehead atoms. The fraction of sp³-hybridized carbons (Fsp3) is 0.368. The first-order chi connectivity index (χ1) is 12.1. The van der Waals surface area contributed by atoms with Crippen LogP contribution in [-0.4, -0.2) is 42.7 Å². The molecule has 1 aliphatic rings. The predicted octanol–water partition coefficient (Wildman–Crippen LogP) is 2.99. The van der Waals surface area contributed by atoms with Crippen molar-refractivity contribution in [2.75, 3.05) is 26.8 Å². The zero-order valence-corrected chi connectivity index (χ0v) is 14.2. The van der Waals surface area contributed by atoms with Crippen molar-refractivity contribution in [3.05, 3.63) is 65.7 Å². The molecule has 5 nitrogen and oxygen atoms in total. The van der Waals surface area contributed by atoms with Crippen LogP contribution in [0.5, 0.6) is 0 Å². The first kappa shape index (κ1) is 17.4. The lowest BCUT2D eigenvalue weighted by Gasteiger charge is -2.25. The largest absolute Gasteiger partial charge is 0.381 e. The standard InChI is InChI=1S/C19H22FN3O2/c1-23(12-14-8-10-25-13-14)19(24)22-18(16-3-2-9-21-11-16)15-4-6-17(20)7-5-15/h2-7,9,11,14,18H,8,10,12-13H2,1H3,(H,22,24). The number of pyridine rings is 1. The van der Waals surface area contributed by atoms with Crippen LogP contribution in [-0.2, 0) is 4.74 Å². The first-order valence-electron chi connectivity index (χ1n) is 8.38. The fourth-order valence-corrected chi connectivity index (χ4v) is 2.99. The van der Waals surface area contributed by atoms with Crippen LogP contribution in [0.25, 0.3) is 0 Å². The minimum absolute atomic E-state index is 0.176. The topological polar surface area (TPSA) is 54.5 Å².